The predicted octanol–water partition coefficient (Wildman–Crippen LogP) is 8.03. The molecule has 0 saturated heterocycles. The Labute approximate surface area is 253 Å². The van der Waals surface area contributed by atoms with Crippen molar-refractivity contribution in [2.45, 2.75) is 62.8 Å². The van der Waals surface area contributed by atoms with Gasteiger partial charge in [0.1, 0.15) is 11.5 Å². The smallest absolute Gasteiger partial charge is 0.337 e. The summed E-state index contributed by atoms with van der Waals surface area (Å²) in [4.78, 5) is 25.4. The summed E-state index contributed by atoms with van der Waals surface area (Å²) in [7, 11) is 1.33. The minimum atomic E-state index is -0.661. The predicted molar refractivity (Wildman–Crippen MR) is 158 cm³/mol. The second kappa shape index (κ2) is 11.3. The number of fused-ring (bicyclic) bond motifs is 3. The molecular weight excluding hydrogens is 587 g/mol. The van der Waals surface area contributed by atoms with E-state index in [4.69, 9.17) is 48.8 Å². The summed E-state index contributed by atoms with van der Waals surface area (Å²) in [6.45, 7) is 0.864. The van der Waals surface area contributed by atoms with Crippen LogP contribution in [0, 0.1) is 10.8 Å². The first-order valence-corrected chi connectivity index (χ1v) is 15.1. The number of alkyl halides is 1. The van der Waals surface area contributed by atoms with Crippen molar-refractivity contribution in [2.24, 2.45) is 10.8 Å². The molecule has 0 aliphatic heterocycles. The topological polar surface area (TPSA) is 90.7 Å². The van der Waals surface area contributed by atoms with Crippen molar-refractivity contribution in [3.05, 3.63) is 69.4 Å². The molecular formula is C31H31Cl3N2O5. The maximum atomic E-state index is 13.5. The normalized spacial score (nSPS) is 25.2. The Balaban J connectivity index is 1.13. The molecule has 1 aromatic heterocycles. The Kier molecular flexibility index (Phi) is 7.83. The third-order valence-corrected chi connectivity index (χ3v) is 10.2. The first-order valence-electron chi connectivity index (χ1n) is 13.9. The van der Waals surface area contributed by atoms with Crippen LogP contribution >= 0.6 is 34.8 Å². The van der Waals surface area contributed by atoms with Crippen molar-refractivity contribution in [3.8, 4) is 11.3 Å². The number of anilines is 1. The van der Waals surface area contributed by atoms with Crippen molar-refractivity contribution >= 4 is 52.4 Å². The van der Waals surface area contributed by atoms with E-state index in [-0.39, 0.29) is 16.7 Å². The molecule has 10 heteroatoms. The number of ether oxygens (including phenoxy) is 2. The Morgan fingerprint density at radius 1 is 1.07 bits per heavy atom. The van der Waals surface area contributed by atoms with Crippen LogP contribution in [0.2, 0.25) is 10.0 Å². The van der Waals surface area contributed by atoms with E-state index in [9.17, 15) is 9.59 Å². The maximum absolute atomic E-state index is 13.5. The summed E-state index contributed by atoms with van der Waals surface area (Å²) < 4.78 is 17.0. The lowest BCUT2D eigenvalue weighted by Gasteiger charge is -2.54. The standard InChI is InChI=1S/C31H31Cl3N2O5/c1-39-28(37)19-4-2-5-20(14-19)35-29(38)31-12-10-30(11-13-31,15-24(31)34)17-40-16-21-26(36-41-27(21)18-8-9-18)25-22(32)6-3-7-23(25)33/h2-7,14,18,24H,8-13,15-17H2,1H3,(H,35,38). The lowest BCUT2D eigenvalue weighted by Crippen LogP contribution is -2.55. The van der Waals surface area contributed by atoms with Gasteiger partial charge < -0.3 is 19.3 Å². The van der Waals surface area contributed by atoms with E-state index in [1.165, 1.54) is 7.11 Å². The van der Waals surface area contributed by atoms with E-state index in [1.54, 1.807) is 42.5 Å². The van der Waals surface area contributed by atoms with Gasteiger partial charge in [0.2, 0.25) is 5.91 Å². The number of amides is 1. The highest BCUT2D eigenvalue weighted by atomic mass is 35.5. The van der Waals surface area contributed by atoms with Crippen molar-refractivity contribution in [1.29, 1.82) is 0 Å². The van der Waals surface area contributed by atoms with E-state index in [0.29, 0.717) is 70.9 Å². The molecule has 216 valence electrons. The van der Waals surface area contributed by atoms with Gasteiger partial charge in [-0.25, -0.2) is 4.79 Å². The highest BCUT2D eigenvalue weighted by Crippen LogP contribution is 2.59. The first kappa shape index (κ1) is 28.5. The third kappa shape index (κ3) is 5.38. The fourth-order valence-corrected chi connectivity index (χ4v) is 7.63. The summed E-state index contributed by atoms with van der Waals surface area (Å²) in [5, 5.41) is 8.07. The Bertz CT molecular complexity index is 1460. The van der Waals surface area contributed by atoms with Crippen LogP contribution in [-0.4, -0.2) is 36.1 Å². The monoisotopic (exact) mass is 616 g/mol. The molecule has 4 aliphatic carbocycles. The molecule has 1 amide bonds. The zero-order valence-electron chi connectivity index (χ0n) is 22.7. The second-order valence-electron chi connectivity index (χ2n) is 11.6. The molecule has 4 aliphatic rings. The van der Waals surface area contributed by atoms with Crippen molar-refractivity contribution < 1.29 is 23.6 Å². The molecule has 41 heavy (non-hydrogen) atoms. The van der Waals surface area contributed by atoms with Gasteiger partial charge in [0.05, 0.1) is 41.3 Å². The summed E-state index contributed by atoms with van der Waals surface area (Å²) >= 11 is 20.0. The van der Waals surface area contributed by atoms with Gasteiger partial charge in [-0.15, -0.1) is 11.6 Å². The molecule has 1 heterocycles. The van der Waals surface area contributed by atoms with Gasteiger partial charge in [0, 0.05) is 28.1 Å². The SMILES string of the molecule is COC(=O)c1cccc(NC(=O)C23CCC(COCc4c(-c5c(Cl)cccc5Cl)noc4C4CC4)(CC2)CC3Cl)c1. The Morgan fingerprint density at radius 2 is 1.78 bits per heavy atom. The van der Waals surface area contributed by atoms with E-state index < -0.39 is 11.4 Å². The third-order valence-electron chi connectivity index (χ3n) is 9.03. The second-order valence-corrected chi connectivity index (χ2v) is 12.9. The first-order chi connectivity index (χ1) is 19.7. The molecule has 3 aromatic rings. The zero-order valence-corrected chi connectivity index (χ0v) is 25.0. The highest BCUT2D eigenvalue weighted by molar-refractivity contribution is 6.39. The maximum Gasteiger partial charge on any atom is 0.337 e. The number of hydrogen-bond acceptors (Lipinski definition) is 6. The average molecular weight is 618 g/mol. The zero-order chi connectivity index (χ0) is 28.8. The number of methoxy groups -OCH3 is 1. The lowest BCUT2D eigenvalue weighted by molar-refractivity contribution is -0.137. The molecule has 4 fully saturated rings. The van der Waals surface area contributed by atoms with Gasteiger partial charge in [0.15, 0.2) is 0 Å². The number of carbonyl (C=O) groups is 2. The Morgan fingerprint density at radius 3 is 2.44 bits per heavy atom. The van der Waals surface area contributed by atoms with Crippen LogP contribution in [0.4, 0.5) is 5.69 Å². The van der Waals surface area contributed by atoms with Crippen LogP contribution in [0.25, 0.3) is 11.3 Å². The highest BCUT2D eigenvalue weighted by Gasteiger charge is 2.57. The molecule has 1 N–H and O–H groups in total. The molecule has 4 saturated carbocycles. The molecule has 0 spiro atoms. The molecule has 2 aromatic carbocycles. The van der Waals surface area contributed by atoms with Gasteiger partial charge in [-0.2, -0.15) is 0 Å². The van der Waals surface area contributed by atoms with Crippen molar-refractivity contribution in [2.75, 3.05) is 19.0 Å². The number of halogens is 3. The summed E-state index contributed by atoms with van der Waals surface area (Å²) in [5.74, 6) is 0.641. The number of benzene rings is 2. The van der Waals surface area contributed by atoms with E-state index in [1.807, 2.05) is 0 Å². The minimum Gasteiger partial charge on any atom is -0.465 e. The largest absolute Gasteiger partial charge is 0.465 e. The van der Waals surface area contributed by atoms with Crippen molar-refractivity contribution in [1.82, 2.24) is 5.16 Å². The quantitative estimate of drug-likeness (QED) is 0.193. The number of esters is 1. The molecule has 7 nitrogen and oxygen atoms in total. The van der Waals surface area contributed by atoms with Gasteiger partial charge in [0.25, 0.3) is 0 Å². The van der Waals surface area contributed by atoms with E-state index in [2.05, 4.69) is 10.5 Å². The molecule has 7 rings (SSSR count). The van der Waals surface area contributed by atoms with Crippen molar-refractivity contribution in [3.63, 3.8) is 0 Å². The van der Waals surface area contributed by atoms with Crippen LogP contribution < -0.4 is 5.32 Å². The fraction of sp³-hybridized carbons (Fsp3) is 0.452. The van der Waals surface area contributed by atoms with Gasteiger partial charge in [-0.05, 0) is 80.7 Å². The average Bonchev–Trinajstić information content (AvgIpc) is 3.73. The number of aromatic nitrogens is 1. The van der Waals surface area contributed by atoms with Gasteiger partial charge >= 0.3 is 5.97 Å². The van der Waals surface area contributed by atoms with E-state index >= 15 is 0 Å². The summed E-state index contributed by atoms with van der Waals surface area (Å²) in [6.07, 6.45) is 5.84. The number of nitrogens with zero attached hydrogens (tertiary/aromatic N) is 1. The molecule has 2 bridgehead atoms. The summed E-state index contributed by atoms with van der Waals surface area (Å²) in [6, 6.07) is 12.1. The van der Waals surface area contributed by atoms with Crippen LogP contribution in [0.5, 0.6) is 0 Å². The number of nitrogens with one attached hydrogen (secondary N) is 1. The van der Waals surface area contributed by atoms with Crippen LogP contribution in [0.3, 0.4) is 0 Å². The molecule has 1 atom stereocenters. The van der Waals surface area contributed by atoms with Gasteiger partial charge in [-0.1, -0.05) is 40.5 Å². The van der Waals surface area contributed by atoms with Gasteiger partial charge in [-0.3, -0.25) is 4.79 Å². The van der Waals surface area contributed by atoms with Crippen LogP contribution in [-0.2, 0) is 20.9 Å². The number of carbonyl (C=O) groups excluding carboxylic acids is 2. The summed E-state index contributed by atoms with van der Waals surface area (Å²) in [5.41, 5.74) is 2.37. The van der Waals surface area contributed by atoms with Crippen LogP contribution in [0.1, 0.15) is 72.5 Å². The lowest BCUT2D eigenvalue weighted by atomic mass is 9.53. The van der Waals surface area contributed by atoms with E-state index in [0.717, 1.165) is 37.0 Å². The molecule has 0 radical (unpaired) electrons. The molecule has 1 unspecified atom stereocenters. The fourth-order valence-electron chi connectivity index (χ4n) is 6.41. The number of rotatable bonds is 9. The van der Waals surface area contributed by atoms with Crippen LogP contribution in [0.15, 0.2) is 47.0 Å². The number of hydrogen-bond donors (Lipinski definition) is 1. The Hall–Kier alpha value is -2.58. The minimum absolute atomic E-state index is 0.0989.